The van der Waals surface area contributed by atoms with E-state index in [0.29, 0.717) is 12.1 Å². The largest absolute Gasteiger partial charge is 0.355 e. The van der Waals surface area contributed by atoms with E-state index in [1.54, 1.807) is 0 Å². The Balaban J connectivity index is 1.63. The van der Waals surface area contributed by atoms with E-state index in [0.717, 1.165) is 32.5 Å². The molecule has 0 radical (unpaired) electrons. The molecule has 2 unspecified atom stereocenters. The number of carbonyl (C=O) groups excluding carboxylic acids is 1. The summed E-state index contributed by atoms with van der Waals surface area (Å²) in [5, 5.41) is 6.72. The lowest BCUT2D eigenvalue weighted by molar-refractivity contribution is -0.126. The van der Waals surface area contributed by atoms with Crippen molar-refractivity contribution in [1.29, 1.82) is 0 Å². The summed E-state index contributed by atoms with van der Waals surface area (Å²) in [6.07, 6.45) is 9.88. The fourth-order valence-electron chi connectivity index (χ4n) is 3.51. The van der Waals surface area contributed by atoms with E-state index in [-0.39, 0.29) is 11.9 Å². The van der Waals surface area contributed by atoms with Gasteiger partial charge in [-0.05, 0) is 51.5 Å². The Morgan fingerprint density at radius 3 is 2.53 bits per heavy atom. The molecule has 3 aliphatic rings. The fraction of sp³-hybridized carbons (Fsp3) is 0.933. The van der Waals surface area contributed by atoms with Crippen molar-refractivity contribution in [3.63, 3.8) is 0 Å². The molecule has 4 heteroatoms. The Morgan fingerprint density at radius 2 is 1.79 bits per heavy atom. The summed E-state index contributed by atoms with van der Waals surface area (Å²) >= 11 is 0. The third-order valence-corrected chi connectivity index (χ3v) is 4.77. The molecule has 4 nitrogen and oxygen atoms in total. The lowest BCUT2D eigenvalue weighted by Gasteiger charge is -2.35. The van der Waals surface area contributed by atoms with Crippen LogP contribution in [0.25, 0.3) is 0 Å². The predicted octanol–water partition coefficient (Wildman–Crippen LogP) is 1.26. The van der Waals surface area contributed by atoms with Gasteiger partial charge in [-0.25, -0.2) is 0 Å². The molecule has 0 bridgehead atoms. The SMILES string of the molecule is O=C1NCCCCC1N(CC1CCCCN1)C1CC1. The van der Waals surface area contributed by atoms with E-state index in [2.05, 4.69) is 15.5 Å². The standard InChI is InChI=1S/C15H27N3O/c19-15-14(6-2-4-10-17-15)18(13-7-8-13)11-12-5-1-3-9-16-12/h12-14,16H,1-11H2,(H,17,19). The molecular weight excluding hydrogens is 238 g/mol. The van der Waals surface area contributed by atoms with E-state index >= 15 is 0 Å². The molecule has 2 aliphatic heterocycles. The number of nitrogens with one attached hydrogen (secondary N) is 2. The van der Waals surface area contributed by atoms with Crippen molar-refractivity contribution in [3.8, 4) is 0 Å². The summed E-state index contributed by atoms with van der Waals surface area (Å²) < 4.78 is 0. The number of rotatable bonds is 4. The Kier molecular flexibility index (Phi) is 4.38. The molecule has 2 N–H and O–H groups in total. The number of hydrogen-bond acceptors (Lipinski definition) is 3. The van der Waals surface area contributed by atoms with Crippen LogP contribution in [0.3, 0.4) is 0 Å². The van der Waals surface area contributed by atoms with E-state index in [1.165, 1.54) is 38.5 Å². The fourth-order valence-corrected chi connectivity index (χ4v) is 3.51. The number of nitrogens with zero attached hydrogens (tertiary/aromatic N) is 1. The zero-order valence-corrected chi connectivity index (χ0v) is 11.9. The highest BCUT2D eigenvalue weighted by Gasteiger charge is 2.38. The third-order valence-electron chi connectivity index (χ3n) is 4.77. The minimum atomic E-state index is 0.138. The maximum absolute atomic E-state index is 12.3. The van der Waals surface area contributed by atoms with E-state index in [1.807, 2.05) is 0 Å². The second kappa shape index (κ2) is 6.23. The minimum absolute atomic E-state index is 0.138. The van der Waals surface area contributed by atoms with E-state index < -0.39 is 0 Å². The molecule has 1 aliphatic carbocycles. The van der Waals surface area contributed by atoms with Crippen LogP contribution in [0.5, 0.6) is 0 Å². The normalized spacial score (nSPS) is 33.0. The van der Waals surface area contributed by atoms with Crippen molar-refractivity contribution in [2.45, 2.75) is 69.5 Å². The first kappa shape index (κ1) is 13.4. The first-order valence-electron chi connectivity index (χ1n) is 8.11. The third kappa shape index (κ3) is 3.48. The van der Waals surface area contributed by atoms with Crippen LogP contribution in [0.2, 0.25) is 0 Å². The van der Waals surface area contributed by atoms with Crippen LogP contribution in [0, 0.1) is 0 Å². The van der Waals surface area contributed by atoms with Crippen molar-refractivity contribution in [1.82, 2.24) is 15.5 Å². The average molecular weight is 265 g/mol. The van der Waals surface area contributed by atoms with Crippen LogP contribution in [-0.2, 0) is 4.79 Å². The Labute approximate surface area is 116 Å². The van der Waals surface area contributed by atoms with Crippen LogP contribution in [0.1, 0.15) is 51.4 Å². The highest BCUT2D eigenvalue weighted by molar-refractivity contribution is 5.82. The predicted molar refractivity (Wildman–Crippen MR) is 76.0 cm³/mol. The second-order valence-corrected chi connectivity index (χ2v) is 6.38. The second-order valence-electron chi connectivity index (χ2n) is 6.38. The molecule has 19 heavy (non-hydrogen) atoms. The van der Waals surface area contributed by atoms with Crippen LogP contribution in [0.4, 0.5) is 0 Å². The average Bonchev–Trinajstić information content (AvgIpc) is 3.26. The minimum Gasteiger partial charge on any atom is -0.355 e. The van der Waals surface area contributed by atoms with Crippen molar-refractivity contribution < 1.29 is 4.79 Å². The molecule has 3 rings (SSSR count). The van der Waals surface area contributed by atoms with Gasteiger partial charge in [0, 0.05) is 25.2 Å². The van der Waals surface area contributed by atoms with E-state index in [4.69, 9.17) is 0 Å². The van der Waals surface area contributed by atoms with Gasteiger partial charge >= 0.3 is 0 Å². The van der Waals surface area contributed by atoms with Crippen LogP contribution in [-0.4, -0.2) is 48.6 Å². The Morgan fingerprint density at radius 1 is 1.00 bits per heavy atom. The molecular formula is C15H27N3O. The number of piperidine rings is 1. The van der Waals surface area contributed by atoms with Gasteiger partial charge in [0.2, 0.25) is 5.91 Å². The Hall–Kier alpha value is -0.610. The molecule has 1 saturated carbocycles. The molecule has 0 aromatic carbocycles. The molecule has 0 aromatic rings. The van der Waals surface area contributed by atoms with Gasteiger partial charge in [-0.15, -0.1) is 0 Å². The van der Waals surface area contributed by atoms with Gasteiger partial charge < -0.3 is 10.6 Å². The molecule has 2 heterocycles. The van der Waals surface area contributed by atoms with Gasteiger partial charge in [0.05, 0.1) is 6.04 Å². The first-order valence-corrected chi connectivity index (χ1v) is 8.11. The molecule has 0 spiro atoms. The monoisotopic (exact) mass is 265 g/mol. The quantitative estimate of drug-likeness (QED) is 0.804. The summed E-state index contributed by atoms with van der Waals surface area (Å²) in [6.45, 7) is 3.10. The van der Waals surface area contributed by atoms with Crippen LogP contribution in [0.15, 0.2) is 0 Å². The van der Waals surface area contributed by atoms with Gasteiger partial charge in [0.25, 0.3) is 0 Å². The highest BCUT2D eigenvalue weighted by Crippen LogP contribution is 2.31. The van der Waals surface area contributed by atoms with Crippen molar-refractivity contribution in [3.05, 3.63) is 0 Å². The topological polar surface area (TPSA) is 44.4 Å². The first-order chi connectivity index (χ1) is 9.34. The van der Waals surface area contributed by atoms with Crippen LogP contribution < -0.4 is 10.6 Å². The maximum Gasteiger partial charge on any atom is 0.237 e. The van der Waals surface area contributed by atoms with E-state index in [9.17, 15) is 4.79 Å². The van der Waals surface area contributed by atoms with Crippen LogP contribution >= 0.6 is 0 Å². The lowest BCUT2D eigenvalue weighted by Crippen LogP contribution is -2.52. The zero-order chi connectivity index (χ0) is 13.1. The maximum atomic E-state index is 12.3. The number of amides is 1. The summed E-state index contributed by atoms with van der Waals surface area (Å²) in [5.74, 6) is 0.278. The van der Waals surface area contributed by atoms with Gasteiger partial charge in [0.15, 0.2) is 0 Å². The lowest BCUT2D eigenvalue weighted by atomic mass is 10.0. The van der Waals surface area contributed by atoms with Gasteiger partial charge in [-0.2, -0.15) is 0 Å². The van der Waals surface area contributed by atoms with Gasteiger partial charge in [-0.3, -0.25) is 9.69 Å². The number of hydrogen-bond donors (Lipinski definition) is 2. The summed E-state index contributed by atoms with van der Waals surface area (Å²) in [6, 6.07) is 1.42. The molecule has 108 valence electrons. The van der Waals surface area contributed by atoms with Crippen molar-refractivity contribution in [2.75, 3.05) is 19.6 Å². The number of carbonyl (C=O) groups is 1. The molecule has 3 fully saturated rings. The zero-order valence-electron chi connectivity index (χ0n) is 11.9. The molecule has 0 aromatic heterocycles. The molecule has 2 saturated heterocycles. The summed E-state index contributed by atoms with van der Waals surface area (Å²) in [5.41, 5.74) is 0. The summed E-state index contributed by atoms with van der Waals surface area (Å²) in [4.78, 5) is 14.8. The highest BCUT2D eigenvalue weighted by atomic mass is 16.2. The van der Waals surface area contributed by atoms with Gasteiger partial charge in [0.1, 0.15) is 0 Å². The van der Waals surface area contributed by atoms with Gasteiger partial charge in [-0.1, -0.05) is 6.42 Å². The van der Waals surface area contributed by atoms with Crippen molar-refractivity contribution >= 4 is 5.91 Å². The molecule has 1 amide bonds. The summed E-state index contributed by atoms with van der Waals surface area (Å²) in [7, 11) is 0. The molecule has 2 atom stereocenters. The smallest absolute Gasteiger partial charge is 0.237 e. The Bertz CT molecular complexity index is 311. The van der Waals surface area contributed by atoms with Crippen molar-refractivity contribution in [2.24, 2.45) is 0 Å².